The maximum atomic E-state index is 16.2. The Bertz CT molecular complexity index is 2570. The Hall–Kier alpha value is -5.72. The van der Waals surface area contributed by atoms with Gasteiger partial charge in [-0.15, -0.1) is 0 Å². The van der Waals surface area contributed by atoms with Crippen molar-refractivity contribution >= 4 is 44.1 Å². The molecule has 3 N–H and O–H groups in total. The molecule has 3 fully saturated rings. The molecule has 3 aliphatic carbocycles. The Kier molecular flexibility index (Phi) is 15.7. The molecule has 73 heavy (non-hydrogen) atoms. The Morgan fingerprint density at radius 3 is 1.85 bits per heavy atom. The van der Waals surface area contributed by atoms with E-state index in [1.807, 2.05) is 20.8 Å². The number of esters is 4. The van der Waals surface area contributed by atoms with Gasteiger partial charge in [-0.25, -0.2) is 19.2 Å². The van der Waals surface area contributed by atoms with Crippen LogP contribution in [0.1, 0.15) is 121 Å². The second kappa shape index (κ2) is 20.9. The first kappa shape index (κ1) is 55.0. The fraction of sp³-hybridized carbons (Fsp3) is 0.536. The molecule has 16 nitrogen and oxygen atoms in total. The predicted molar refractivity (Wildman–Crippen MR) is 269 cm³/mol. The highest BCUT2D eigenvalue weighted by Crippen LogP contribution is 2.64. The number of aliphatic hydroxyl groups is 2. The monoisotopic (exact) mass is 1030 g/mol. The number of carbonyl (C=O) groups is 6. The summed E-state index contributed by atoms with van der Waals surface area (Å²) in [4.78, 5) is 87.8. The van der Waals surface area contributed by atoms with Crippen LogP contribution in [0.2, 0.25) is 18.1 Å². The van der Waals surface area contributed by atoms with Crippen molar-refractivity contribution in [3.05, 3.63) is 119 Å². The van der Waals surface area contributed by atoms with Crippen LogP contribution in [0, 0.1) is 16.7 Å². The molecule has 1 unspecified atom stereocenters. The van der Waals surface area contributed by atoms with Gasteiger partial charge in [-0.2, -0.15) is 0 Å². The number of ether oxygens (including phenoxy) is 6. The first-order valence-corrected chi connectivity index (χ1v) is 27.8. The zero-order chi connectivity index (χ0) is 53.5. The summed E-state index contributed by atoms with van der Waals surface area (Å²) in [6, 6.07) is 25.4. The number of Topliss-reactive ketones (excluding diaryl/α,β-unsaturated/α-hetero) is 1. The SMILES string of the molecule is CC[Si](CC)(CC)O[C@@H](C(=O)O[C@H]1C[C@@]2(O)[C@@H](OC(=O)c3ccccc3)C3[C@](C)(C(=O)[C@H](OC(=O)c4ccccc4)C(=C1C)C2(C)C)[C@@H](O)C[C@H]1OC[C@@]31OC(C)=O)[C@@H](NC(=O)OC(C)(C)C)c1ccccc1. The summed E-state index contributed by atoms with van der Waals surface area (Å²) in [5.74, 6) is -5.97. The van der Waals surface area contributed by atoms with Crippen molar-refractivity contribution in [2.24, 2.45) is 16.7 Å². The van der Waals surface area contributed by atoms with Crippen molar-refractivity contribution in [2.75, 3.05) is 6.61 Å². The van der Waals surface area contributed by atoms with E-state index in [-0.39, 0.29) is 35.3 Å². The van der Waals surface area contributed by atoms with Crippen LogP contribution in [0.4, 0.5) is 4.79 Å². The lowest BCUT2D eigenvalue weighted by molar-refractivity contribution is -0.345. The summed E-state index contributed by atoms with van der Waals surface area (Å²) in [6.07, 6.45) is -10.9. The van der Waals surface area contributed by atoms with E-state index >= 15 is 9.59 Å². The molecule has 1 heterocycles. The number of alkyl carbamates (subject to hydrolysis) is 1. The number of aliphatic hydroxyl groups excluding tert-OH is 1. The maximum absolute atomic E-state index is 16.2. The minimum atomic E-state index is -2.78. The van der Waals surface area contributed by atoms with Crippen LogP contribution in [0.25, 0.3) is 0 Å². The van der Waals surface area contributed by atoms with Gasteiger partial charge in [0.15, 0.2) is 31.9 Å². The molecule has 2 bridgehead atoms. The number of hydrogen-bond donors (Lipinski definition) is 3. The number of amides is 1. The van der Waals surface area contributed by atoms with E-state index in [9.17, 15) is 29.4 Å². The average molecular weight is 1030 g/mol. The van der Waals surface area contributed by atoms with Crippen molar-refractivity contribution in [1.29, 1.82) is 0 Å². The first-order chi connectivity index (χ1) is 34.3. The summed E-state index contributed by atoms with van der Waals surface area (Å²) < 4.78 is 44.6. The molecule has 11 atom stereocenters. The summed E-state index contributed by atoms with van der Waals surface area (Å²) in [5.41, 5.74) is -8.00. The van der Waals surface area contributed by atoms with Gasteiger partial charge in [0, 0.05) is 25.2 Å². The third-order valence-corrected chi connectivity index (χ3v) is 20.7. The molecule has 1 amide bonds. The predicted octanol–water partition coefficient (Wildman–Crippen LogP) is 8.15. The fourth-order valence-electron chi connectivity index (χ4n) is 11.8. The Morgan fingerprint density at radius 2 is 1.36 bits per heavy atom. The zero-order valence-corrected chi connectivity index (χ0v) is 44.7. The van der Waals surface area contributed by atoms with Crippen LogP contribution in [-0.4, -0.2) is 114 Å². The van der Waals surface area contributed by atoms with Crippen LogP contribution >= 0.6 is 0 Å². The average Bonchev–Trinajstić information content (AvgIpc) is 3.35. The molecule has 3 aromatic carbocycles. The Balaban J connectivity index is 1.47. The molecule has 17 heteroatoms. The van der Waals surface area contributed by atoms with Gasteiger partial charge in [-0.1, -0.05) is 101 Å². The van der Waals surface area contributed by atoms with E-state index in [1.54, 1.807) is 108 Å². The Morgan fingerprint density at radius 1 is 0.822 bits per heavy atom. The molecule has 1 aliphatic heterocycles. The van der Waals surface area contributed by atoms with E-state index in [4.69, 9.17) is 32.8 Å². The van der Waals surface area contributed by atoms with Gasteiger partial charge in [-0.3, -0.25) is 9.59 Å². The highest BCUT2D eigenvalue weighted by atomic mass is 28.4. The molecule has 0 spiro atoms. The lowest BCUT2D eigenvalue weighted by Gasteiger charge is -2.67. The number of nitrogens with one attached hydrogen (secondary N) is 1. The minimum absolute atomic E-state index is 0.0258. The lowest BCUT2D eigenvalue weighted by atomic mass is 9.44. The third kappa shape index (κ3) is 10.1. The van der Waals surface area contributed by atoms with Crippen LogP contribution < -0.4 is 5.32 Å². The van der Waals surface area contributed by atoms with E-state index in [0.717, 1.165) is 0 Å². The summed E-state index contributed by atoms with van der Waals surface area (Å²) >= 11 is 0. The number of fused-ring (bicyclic) bond motifs is 5. The number of hydrogen-bond acceptors (Lipinski definition) is 15. The molecular weight excluding hydrogens is 955 g/mol. The number of ketones is 1. The molecule has 3 aromatic rings. The molecule has 7 rings (SSSR count). The van der Waals surface area contributed by atoms with E-state index < -0.39 is 127 Å². The first-order valence-electron chi connectivity index (χ1n) is 25.2. The largest absolute Gasteiger partial charge is 0.456 e. The van der Waals surface area contributed by atoms with Crippen molar-refractivity contribution in [3.8, 4) is 0 Å². The molecule has 2 saturated carbocycles. The van der Waals surface area contributed by atoms with Crippen LogP contribution in [0.5, 0.6) is 0 Å². The molecule has 4 aliphatic rings. The highest BCUT2D eigenvalue weighted by molar-refractivity contribution is 6.73. The van der Waals surface area contributed by atoms with Crippen LogP contribution in [-0.2, 0) is 47.2 Å². The molecule has 0 aromatic heterocycles. The Labute approximate surface area is 428 Å². The second-order valence-corrected chi connectivity index (χ2v) is 26.4. The summed E-state index contributed by atoms with van der Waals surface area (Å²) in [7, 11) is -2.78. The quantitative estimate of drug-likeness (QED) is 0.0566. The van der Waals surface area contributed by atoms with Gasteiger partial charge in [0.2, 0.25) is 0 Å². The van der Waals surface area contributed by atoms with Crippen molar-refractivity contribution in [3.63, 3.8) is 0 Å². The van der Waals surface area contributed by atoms with Gasteiger partial charge >= 0.3 is 30.0 Å². The van der Waals surface area contributed by atoms with Gasteiger partial charge < -0.3 is 48.4 Å². The standard InChI is InChI=1S/C56H71NO15Si/c1-12-73(13-2,14-3)72-44(42(35-24-18-15-19-25-35)57-51(64)71-52(6,7)8)50(63)67-38-31-56(65)47(69-49(62)37-28-22-17-23-29-37)45-54(11,39(59)30-40-55(45,32-66-40)70-34(5)58)46(60)43(41(33(38)4)53(56,9)10)68-48(61)36-26-20-16-21-27-36/h15-29,38-40,42-45,47,59,65H,12-14,30-32H2,1-11H3,(H,57,64)/t38-,39-,40+,42-,43+,44+,45?,47-,54+,55-,56+/m0/s1. The van der Waals surface area contributed by atoms with Crippen molar-refractivity contribution in [1.82, 2.24) is 5.32 Å². The van der Waals surface area contributed by atoms with Gasteiger partial charge in [-0.05, 0) is 93.7 Å². The highest BCUT2D eigenvalue weighted by Gasteiger charge is 2.78. The van der Waals surface area contributed by atoms with Crippen molar-refractivity contribution < 1.29 is 71.8 Å². The molecule has 394 valence electrons. The van der Waals surface area contributed by atoms with Crippen LogP contribution in [0.3, 0.4) is 0 Å². The zero-order valence-electron chi connectivity index (χ0n) is 43.7. The topological polar surface area (TPSA) is 220 Å². The number of rotatable bonds is 15. The second-order valence-electron chi connectivity index (χ2n) is 21.7. The van der Waals surface area contributed by atoms with Gasteiger partial charge in [0.05, 0.1) is 41.2 Å². The van der Waals surface area contributed by atoms with Gasteiger partial charge in [0.1, 0.15) is 29.5 Å². The number of benzene rings is 3. The molecule has 0 radical (unpaired) electrons. The maximum Gasteiger partial charge on any atom is 0.408 e. The van der Waals surface area contributed by atoms with Gasteiger partial charge in [0.25, 0.3) is 0 Å². The summed E-state index contributed by atoms with van der Waals surface area (Å²) in [6.45, 7) is 18.3. The molecule has 1 saturated heterocycles. The van der Waals surface area contributed by atoms with E-state index in [0.29, 0.717) is 23.7 Å². The van der Waals surface area contributed by atoms with E-state index in [1.165, 1.54) is 38.1 Å². The third-order valence-electron chi connectivity index (χ3n) is 16.1. The van der Waals surface area contributed by atoms with Crippen molar-refractivity contribution in [2.45, 2.75) is 167 Å². The molecular formula is C56H71NO15Si. The number of carbonyl (C=O) groups excluding carboxylic acids is 6. The lowest BCUT2D eigenvalue weighted by Crippen LogP contribution is -2.82. The van der Waals surface area contributed by atoms with E-state index in [2.05, 4.69) is 5.32 Å². The summed E-state index contributed by atoms with van der Waals surface area (Å²) in [5, 5.41) is 29.5. The minimum Gasteiger partial charge on any atom is -0.456 e. The normalized spacial score (nSPS) is 29.3. The smallest absolute Gasteiger partial charge is 0.408 e. The fourth-order valence-corrected chi connectivity index (χ4v) is 14.5. The van der Waals surface area contributed by atoms with Crippen LogP contribution in [0.15, 0.2) is 102 Å².